The van der Waals surface area contributed by atoms with E-state index in [0.717, 1.165) is 32.6 Å². The minimum Gasteiger partial charge on any atom is -0.459 e. The van der Waals surface area contributed by atoms with Gasteiger partial charge in [0.15, 0.2) is 0 Å². The van der Waals surface area contributed by atoms with E-state index in [2.05, 4.69) is 20.9 Å². The van der Waals surface area contributed by atoms with Gasteiger partial charge in [-0.25, -0.2) is 0 Å². The van der Waals surface area contributed by atoms with Crippen LogP contribution in [0.3, 0.4) is 0 Å². The fraction of sp³-hybridized carbons (Fsp3) is 0.189. The molecule has 1 fully saturated rings. The van der Waals surface area contributed by atoms with Crippen LogP contribution in [-0.4, -0.2) is 45.5 Å². The Morgan fingerprint density at radius 2 is 1.75 bits per heavy atom. The average Bonchev–Trinajstić information content (AvgIpc) is 3.65. The minimum absolute atomic E-state index is 0.0595. The van der Waals surface area contributed by atoms with Crippen LogP contribution in [0.5, 0.6) is 0 Å². The van der Waals surface area contributed by atoms with Crippen molar-refractivity contribution >= 4 is 46.2 Å². The van der Waals surface area contributed by atoms with E-state index in [1.165, 1.54) is 0 Å². The third-order valence-electron chi connectivity index (χ3n) is 8.67. The number of nitrogens with one attached hydrogen (secondary N) is 3. The van der Waals surface area contributed by atoms with Gasteiger partial charge in [0.2, 0.25) is 17.7 Å². The number of fused-ring (bicyclic) bond motifs is 2. The van der Waals surface area contributed by atoms with E-state index in [0.29, 0.717) is 24.4 Å². The summed E-state index contributed by atoms with van der Waals surface area (Å²) in [6.07, 6.45) is 4.35. The van der Waals surface area contributed by atoms with Crippen molar-refractivity contribution in [1.82, 2.24) is 20.5 Å². The standard InChI is InChI=1S/C37H31N5O6/c43-31(40-34(25-6-4-18-38-21-25)30-19-24-5-1-2-9-29(24)48-30)16-14-22-10-12-23(13-11-22)20-39-27-8-3-7-26-33(27)37(47)42(36(26)46)28-15-17-32(44)41-35(28)45/h1-13,18-19,21,28,34,39H,14-17,20H2,(H,40,43)(H,41,44,45). The Bertz CT molecular complexity index is 2020. The van der Waals surface area contributed by atoms with Gasteiger partial charge in [0.1, 0.15) is 23.4 Å². The topological polar surface area (TPSA) is 151 Å². The number of nitrogens with zero attached hydrogens (tertiary/aromatic N) is 2. The zero-order valence-corrected chi connectivity index (χ0v) is 25.8. The van der Waals surface area contributed by atoms with Crippen molar-refractivity contribution in [2.75, 3.05) is 5.32 Å². The SMILES string of the molecule is O=C1CCC(N2C(=O)c3cccc(NCc4ccc(CCC(=O)NC(c5cccnc5)c5cc6ccccc6o5)cc4)c3C2=O)C(=O)N1. The lowest BCUT2D eigenvalue weighted by molar-refractivity contribution is -0.136. The van der Waals surface area contributed by atoms with E-state index in [-0.39, 0.29) is 36.3 Å². The Labute approximate surface area is 275 Å². The minimum atomic E-state index is -1.02. The summed E-state index contributed by atoms with van der Waals surface area (Å²) in [5, 5.41) is 9.53. The smallest absolute Gasteiger partial charge is 0.264 e. The number of hydrogen-bond acceptors (Lipinski definition) is 8. The highest BCUT2D eigenvalue weighted by Crippen LogP contribution is 2.33. The monoisotopic (exact) mass is 641 g/mol. The molecule has 2 atom stereocenters. The molecule has 48 heavy (non-hydrogen) atoms. The molecule has 11 heteroatoms. The molecule has 5 amide bonds. The molecule has 11 nitrogen and oxygen atoms in total. The number of aromatic nitrogens is 1. The second-order valence-corrected chi connectivity index (χ2v) is 11.8. The zero-order chi connectivity index (χ0) is 33.2. The van der Waals surface area contributed by atoms with Gasteiger partial charge in [-0.1, -0.05) is 54.6 Å². The molecule has 2 aliphatic rings. The molecule has 1 saturated heterocycles. The van der Waals surface area contributed by atoms with Gasteiger partial charge in [-0.3, -0.25) is 39.2 Å². The molecule has 0 radical (unpaired) electrons. The largest absolute Gasteiger partial charge is 0.459 e. The van der Waals surface area contributed by atoms with Crippen LogP contribution < -0.4 is 16.0 Å². The summed E-state index contributed by atoms with van der Waals surface area (Å²) in [6.45, 7) is 0.376. The normalized spacial score (nSPS) is 16.5. The number of piperidine rings is 1. The summed E-state index contributed by atoms with van der Waals surface area (Å²) in [6, 6.07) is 24.6. The Morgan fingerprint density at radius 3 is 2.52 bits per heavy atom. The first kappa shape index (κ1) is 30.5. The summed E-state index contributed by atoms with van der Waals surface area (Å²) in [4.78, 5) is 68.8. The maximum atomic E-state index is 13.4. The first-order chi connectivity index (χ1) is 23.4. The maximum Gasteiger partial charge on any atom is 0.264 e. The number of amides is 5. The number of hydrogen-bond donors (Lipinski definition) is 3. The third-order valence-corrected chi connectivity index (χ3v) is 8.67. The van der Waals surface area contributed by atoms with Crippen LogP contribution in [0.2, 0.25) is 0 Å². The van der Waals surface area contributed by atoms with Crippen molar-refractivity contribution in [3.8, 4) is 0 Å². The number of anilines is 1. The van der Waals surface area contributed by atoms with Crippen molar-refractivity contribution < 1.29 is 28.4 Å². The number of rotatable bonds is 10. The highest BCUT2D eigenvalue weighted by atomic mass is 16.3. The highest BCUT2D eigenvalue weighted by Gasteiger charge is 2.45. The van der Waals surface area contributed by atoms with Crippen LogP contribution in [0.25, 0.3) is 11.0 Å². The predicted molar refractivity (Wildman–Crippen MR) is 176 cm³/mol. The van der Waals surface area contributed by atoms with E-state index in [9.17, 15) is 24.0 Å². The van der Waals surface area contributed by atoms with E-state index in [1.807, 2.05) is 66.7 Å². The zero-order valence-electron chi connectivity index (χ0n) is 25.8. The lowest BCUT2D eigenvalue weighted by atomic mass is 10.0. The molecule has 0 saturated carbocycles. The molecule has 2 aromatic heterocycles. The molecule has 0 aliphatic carbocycles. The maximum absolute atomic E-state index is 13.4. The molecule has 2 aliphatic heterocycles. The fourth-order valence-electron chi connectivity index (χ4n) is 6.18. The third kappa shape index (κ3) is 6.05. The summed E-state index contributed by atoms with van der Waals surface area (Å²) in [7, 11) is 0. The summed E-state index contributed by atoms with van der Waals surface area (Å²) in [5.74, 6) is -1.67. The number of pyridine rings is 1. The highest BCUT2D eigenvalue weighted by molar-refractivity contribution is 6.25. The second kappa shape index (κ2) is 13.0. The van der Waals surface area contributed by atoms with Crippen molar-refractivity contribution in [2.45, 2.75) is 44.3 Å². The van der Waals surface area contributed by atoms with Crippen LogP contribution >= 0.6 is 0 Å². The molecule has 4 heterocycles. The van der Waals surface area contributed by atoms with Crippen LogP contribution in [0, 0.1) is 0 Å². The lowest BCUT2D eigenvalue weighted by Crippen LogP contribution is -2.54. The van der Waals surface area contributed by atoms with E-state index in [1.54, 1.807) is 30.6 Å². The molecule has 2 unspecified atom stereocenters. The van der Waals surface area contributed by atoms with Crippen molar-refractivity contribution in [3.63, 3.8) is 0 Å². The molecule has 7 rings (SSSR count). The number of carbonyl (C=O) groups excluding carboxylic acids is 5. The van der Waals surface area contributed by atoms with Gasteiger partial charge in [-0.15, -0.1) is 0 Å². The van der Waals surface area contributed by atoms with Crippen molar-refractivity contribution in [3.05, 3.63) is 131 Å². The molecular formula is C37H31N5O6. The van der Waals surface area contributed by atoms with E-state index < -0.39 is 35.7 Å². The van der Waals surface area contributed by atoms with Crippen LogP contribution in [0.4, 0.5) is 5.69 Å². The van der Waals surface area contributed by atoms with Gasteiger partial charge >= 0.3 is 0 Å². The quantitative estimate of drug-likeness (QED) is 0.186. The molecule has 240 valence electrons. The van der Waals surface area contributed by atoms with E-state index in [4.69, 9.17) is 4.42 Å². The molecule has 0 spiro atoms. The van der Waals surface area contributed by atoms with Gasteiger partial charge in [-0.2, -0.15) is 0 Å². The molecule has 3 N–H and O–H groups in total. The summed E-state index contributed by atoms with van der Waals surface area (Å²) >= 11 is 0. The molecular weight excluding hydrogens is 610 g/mol. The van der Waals surface area contributed by atoms with Crippen LogP contribution in [0.1, 0.15) is 68.5 Å². The molecule has 0 bridgehead atoms. The Kier molecular flexibility index (Phi) is 8.24. The number of carbonyl (C=O) groups is 5. The van der Waals surface area contributed by atoms with Crippen LogP contribution in [-0.2, 0) is 27.3 Å². The number of furan rings is 1. The first-order valence-corrected chi connectivity index (χ1v) is 15.7. The van der Waals surface area contributed by atoms with Crippen molar-refractivity contribution in [2.24, 2.45) is 0 Å². The number of imide groups is 2. The van der Waals surface area contributed by atoms with Gasteiger partial charge in [-0.05, 0) is 54.3 Å². The molecule has 3 aromatic carbocycles. The predicted octanol–water partition coefficient (Wildman–Crippen LogP) is 4.68. The fourth-order valence-corrected chi connectivity index (χ4v) is 6.18. The first-order valence-electron chi connectivity index (χ1n) is 15.7. The Balaban J connectivity index is 0.973. The van der Waals surface area contributed by atoms with Gasteiger partial charge in [0, 0.05) is 48.4 Å². The Hall–Kier alpha value is -6.10. The average molecular weight is 642 g/mol. The number of aryl methyl sites for hydroxylation is 1. The van der Waals surface area contributed by atoms with Gasteiger partial charge in [0.25, 0.3) is 11.8 Å². The second-order valence-electron chi connectivity index (χ2n) is 11.8. The van der Waals surface area contributed by atoms with Crippen LogP contribution in [0.15, 0.2) is 102 Å². The molecule has 5 aromatic rings. The Morgan fingerprint density at radius 1 is 0.938 bits per heavy atom. The van der Waals surface area contributed by atoms with Crippen molar-refractivity contribution in [1.29, 1.82) is 0 Å². The number of benzene rings is 3. The lowest BCUT2D eigenvalue weighted by Gasteiger charge is -2.27. The summed E-state index contributed by atoms with van der Waals surface area (Å²) in [5.41, 5.74) is 4.39. The number of para-hydroxylation sites is 1. The van der Waals surface area contributed by atoms with Gasteiger partial charge in [0.05, 0.1) is 11.1 Å². The van der Waals surface area contributed by atoms with Gasteiger partial charge < -0.3 is 15.1 Å². The summed E-state index contributed by atoms with van der Waals surface area (Å²) < 4.78 is 6.08. The van der Waals surface area contributed by atoms with E-state index >= 15 is 0 Å².